The van der Waals surface area contributed by atoms with Crippen molar-refractivity contribution in [2.45, 2.75) is 367 Å². The second-order valence-electron chi connectivity index (χ2n) is 27.0. The van der Waals surface area contributed by atoms with Crippen LogP contribution >= 0.6 is 15.6 Å². The third-order valence-corrected chi connectivity index (χ3v) is 18.9. The van der Waals surface area contributed by atoms with Crippen molar-refractivity contribution >= 4 is 39.5 Å². The van der Waals surface area contributed by atoms with E-state index < -0.39 is 97.5 Å². The van der Waals surface area contributed by atoms with Gasteiger partial charge in [-0.2, -0.15) is 0 Å². The van der Waals surface area contributed by atoms with Gasteiger partial charge in [-0.3, -0.25) is 37.3 Å². The minimum atomic E-state index is -5.00. The van der Waals surface area contributed by atoms with E-state index in [1.165, 1.54) is 109 Å². The number of carbonyl (C=O) groups excluding carboxylic acids is 4. The lowest BCUT2D eigenvalue weighted by Crippen LogP contribution is -2.30. The van der Waals surface area contributed by atoms with E-state index in [9.17, 15) is 43.2 Å². The number of phosphoric ester groups is 2. The molecule has 0 spiro atoms. The molecule has 0 fully saturated rings. The van der Waals surface area contributed by atoms with Gasteiger partial charge in [-0.15, -0.1) is 0 Å². The Balaban J connectivity index is 5.42. The molecule has 0 saturated carbocycles. The van der Waals surface area contributed by atoms with Crippen LogP contribution in [0.1, 0.15) is 349 Å². The molecule has 590 valence electrons. The van der Waals surface area contributed by atoms with Crippen molar-refractivity contribution in [1.29, 1.82) is 0 Å². The third kappa shape index (κ3) is 74.3. The molecule has 5 atom stereocenters. The number of unbranched alkanes of at least 4 members (excludes halogenated alkanes) is 34. The first-order valence-electron chi connectivity index (χ1n) is 40.5. The molecule has 0 aromatic heterocycles. The minimum absolute atomic E-state index is 0.0297. The second-order valence-corrected chi connectivity index (χ2v) is 29.9. The second kappa shape index (κ2) is 75.2. The smallest absolute Gasteiger partial charge is 0.462 e. The molecule has 0 radical (unpaired) electrons. The monoisotopic (exact) mass is 1480 g/mol. The molecular weight excluding hydrogens is 1330 g/mol. The van der Waals surface area contributed by atoms with Gasteiger partial charge in [-0.25, -0.2) is 9.13 Å². The zero-order chi connectivity index (χ0) is 74.6. The summed E-state index contributed by atoms with van der Waals surface area (Å²) in [7, 11) is -9.98. The first-order chi connectivity index (χ1) is 49.7. The Morgan fingerprint density at radius 3 is 0.833 bits per heavy atom. The molecule has 0 aliphatic carbocycles. The zero-order valence-electron chi connectivity index (χ0n) is 64.5. The maximum atomic E-state index is 13.1. The van der Waals surface area contributed by atoms with Crippen molar-refractivity contribution in [2.24, 2.45) is 0 Å². The van der Waals surface area contributed by atoms with E-state index >= 15 is 0 Å². The highest BCUT2D eigenvalue weighted by Gasteiger charge is 2.30. The summed E-state index contributed by atoms with van der Waals surface area (Å²) in [6, 6.07) is 0. The Kier molecular flexibility index (Phi) is 72.3. The zero-order valence-corrected chi connectivity index (χ0v) is 66.3. The highest BCUT2D eigenvalue weighted by molar-refractivity contribution is 7.47. The SMILES string of the molecule is CCCCC/C=C\C/C=C\C/C=C\C/C=C\C/C=C\CCC(=O)O[C@H](COC(=O)CCCCCCC/C=C\CCCCCC)COP(=O)(O)OC[C@H](O)COP(=O)(O)OC[C@@H](COC(=O)CCCCCCC/C=C\CCCCCCCC)OC(=O)CCCCCCCCC/C=C\CCCCCC. The van der Waals surface area contributed by atoms with Gasteiger partial charge in [0.25, 0.3) is 0 Å². The quantitative estimate of drug-likeness (QED) is 0.0169. The van der Waals surface area contributed by atoms with Crippen LogP contribution in [0.2, 0.25) is 0 Å². The molecule has 17 nitrogen and oxygen atoms in total. The molecule has 0 aromatic carbocycles. The maximum Gasteiger partial charge on any atom is 0.472 e. The van der Waals surface area contributed by atoms with Gasteiger partial charge < -0.3 is 33.8 Å². The van der Waals surface area contributed by atoms with E-state index in [2.05, 4.69) is 107 Å². The normalized spacial score (nSPS) is 14.4. The van der Waals surface area contributed by atoms with E-state index in [-0.39, 0.29) is 25.7 Å². The molecule has 3 N–H and O–H groups in total. The van der Waals surface area contributed by atoms with Gasteiger partial charge in [0.1, 0.15) is 19.3 Å². The molecule has 2 unspecified atom stereocenters. The summed E-state index contributed by atoms with van der Waals surface area (Å²) >= 11 is 0. The summed E-state index contributed by atoms with van der Waals surface area (Å²) in [6.45, 7) is 4.75. The number of hydrogen-bond donors (Lipinski definition) is 3. The first kappa shape index (κ1) is 98.0. The van der Waals surface area contributed by atoms with E-state index in [0.717, 1.165) is 154 Å². The van der Waals surface area contributed by atoms with Crippen molar-refractivity contribution in [2.75, 3.05) is 39.6 Å². The lowest BCUT2D eigenvalue weighted by atomic mass is 10.1. The van der Waals surface area contributed by atoms with E-state index in [1.807, 2.05) is 18.2 Å². The average molecular weight is 1480 g/mol. The van der Waals surface area contributed by atoms with Crippen LogP contribution < -0.4 is 0 Å². The van der Waals surface area contributed by atoms with Crippen LogP contribution in [0, 0.1) is 0 Å². The Hall–Kier alpha value is -4.02. The number of ether oxygens (including phenoxy) is 4. The van der Waals surface area contributed by atoms with Crippen LogP contribution in [0.5, 0.6) is 0 Å². The van der Waals surface area contributed by atoms with Gasteiger partial charge in [0.05, 0.1) is 26.4 Å². The van der Waals surface area contributed by atoms with Crippen LogP contribution in [-0.2, 0) is 65.4 Å². The number of aliphatic hydroxyl groups is 1. The average Bonchev–Trinajstić information content (AvgIpc) is 0.924. The molecule has 0 aliphatic rings. The fraction of sp³-hybridized carbons (Fsp3) is 0.759. The Labute approximate surface area is 620 Å². The minimum Gasteiger partial charge on any atom is -0.462 e. The summed E-state index contributed by atoms with van der Waals surface area (Å²) in [5.74, 6) is -2.28. The van der Waals surface area contributed by atoms with Crippen LogP contribution in [0.25, 0.3) is 0 Å². The summed E-state index contributed by atoms with van der Waals surface area (Å²) in [6.07, 6.45) is 79.7. The highest BCUT2D eigenvalue weighted by atomic mass is 31.2. The summed E-state index contributed by atoms with van der Waals surface area (Å²) in [5.41, 5.74) is 0. The Morgan fingerprint density at radius 1 is 0.275 bits per heavy atom. The lowest BCUT2D eigenvalue weighted by molar-refractivity contribution is -0.161. The summed E-state index contributed by atoms with van der Waals surface area (Å²) < 4.78 is 68.5. The molecule has 102 heavy (non-hydrogen) atoms. The number of allylic oxidation sites excluding steroid dienone is 16. The number of phosphoric acid groups is 2. The number of aliphatic hydroxyl groups excluding tert-OH is 1. The topological polar surface area (TPSA) is 237 Å². The molecule has 0 heterocycles. The molecule has 0 bridgehead atoms. The summed E-state index contributed by atoms with van der Waals surface area (Å²) in [4.78, 5) is 73.0. The number of hydrogen-bond acceptors (Lipinski definition) is 15. The fourth-order valence-corrected chi connectivity index (χ4v) is 12.4. The van der Waals surface area contributed by atoms with E-state index in [1.54, 1.807) is 0 Å². The Morgan fingerprint density at radius 2 is 0.500 bits per heavy atom. The van der Waals surface area contributed by atoms with Crippen LogP contribution in [0.15, 0.2) is 97.2 Å². The van der Waals surface area contributed by atoms with Crippen LogP contribution in [0.3, 0.4) is 0 Å². The fourth-order valence-electron chi connectivity index (χ4n) is 10.8. The van der Waals surface area contributed by atoms with Gasteiger partial charge in [0, 0.05) is 25.7 Å². The van der Waals surface area contributed by atoms with Crippen LogP contribution in [-0.4, -0.2) is 96.7 Å². The predicted molar refractivity (Wildman–Crippen MR) is 418 cm³/mol. The largest absolute Gasteiger partial charge is 0.472 e. The lowest BCUT2D eigenvalue weighted by Gasteiger charge is -2.21. The Bertz CT molecular complexity index is 2310. The van der Waals surface area contributed by atoms with Crippen molar-refractivity contribution in [3.63, 3.8) is 0 Å². The molecular formula is C83H146O17P2. The van der Waals surface area contributed by atoms with Crippen molar-refractivity contribution in [1.82, 2.24) is 0 Å². The maximum absolute atomic E-state index is 13.1. The molecule has 0 aliphatic heterocycles. The van der Waals surface area contributed by atoms with Gasteiger partial charge in [-0.1, -0.05) is 279 Å². The highest BCUT2D eigenvalue weighted by Crippen LogP contribution is 2.45. The number of carbonyl (C=O) groups is 4. The molecule has 0 saturated heterocycles. The molecule has 0 aromatic rings. The van der Waals surface area contributed by atoms with Crippen LogP contribution in [0.4, 0.5) is 0 Å². The van der Waals surface area contributed by atoms with Crippen molar-refractivity contribution in [3.8, 4) is 0 Å². The molecule has 19 heteroatoms. The van der Waals surface area contributed by atoms with Gasteiger partial charge in [-0.05, 0) is 141 Å². The van der Waals surface area contributed by atoms with Gasteiger partial charge in [0.15, 0.2) is 12.2 Å². The van der Waals surface area contributed by atoms with Gasteiger partial charge >= 0.3 is 39.5 Å². The van der Waals surface area contributed by atoms with E-state index in [0.29, 0.717) is 32.1 Å². The predicted octanol–water partition coefficient (Wildman–Crippen LogP) is 23.6. The summed E-state index contributed by atoms with van der Waals surface area (Å²) in [5, 5.41) is 10.6. The van der Waals surface area contributed by atoms with Gasteiger partial charge in [0.2, 0.25) is 0 Å². The third-order valence-electron chi connectivity index (χ3n) is 17.0. The molecule has 0 amide bonds. The van der Waals surface area contributed by atoms with Crippen molar-refractivity contribution < 1.29 is 80.2 Å². The first-order valence-corrected chi connectivity index (χ1v) is 43.5. The number of rotatable bonds is 76. The van der Waals surface area contributed by atoms with Crippen molar-refractivity contribution in [3.05, 3.63) is 97.2 Å². The number of esters is 4. The standard InChI is InChI=1S/C83H146O17P2/c1-5-9-13-17-21-25-29-33-36-37-38-39-42-46-50-54-58-62-66-70-83(88)100-78(73-93-80(85)67-63-59-55-51-47-43-32-28-24-20-16-12-8-4)75-97-101(89,90)95-71-77(84)72-96-102(91,92)98-76-79(99-82(87)69-65-61-57-53-49-45-41-35-31-27-23-19-15-11-7-3)74-94-81(86)68-64-60-56-52-48-44-40-34-30-26-22-18-14-10-6-2/h21,25,27-28,31-34,36,38-40,46,50,58,62,77-79,84H,5-20,22-24,26,29-30,35,37,41-45,47-49,51-57,59-61,63-76H2,1-4H3,(H,89,90)(H,91,92)/b25-21-,31-27-,32-28-,36-33-,39-38-,40-34-,50-46-,62-58-/t77-,78+,79+/m0/s1. The molecule has 0 rings (SSSR count). The van der Waals surface area contributed by atoms with E-state index in [4.69, 9.17) is 37.0 Å².